The summed E-state index contributed by atoms with van der Waals surface area (Å²) in [6.07, 6.45) is 0.699. The fourth-order valence-electron chi connectivity index (χ4n) is 2.31. The van der Waals surface area contributed by atoms with E-state index in [4.69, 9.17) is 23.2 Å². The molecule has 1 aromatic carbocycles. The van der Waals surface area contributed by atoms with Crippen LogP contribution in [0.5, 0.6) is 0 Å². The number of benzene rings is 1. The predicted octanol–water partition coefficient (Wildman–Crippen LogP) is 2.31. The van der Waals surface area contributed by atoms with Crippen LogP contribution in [-0.2, 0) is 16.6 Å². The van der Waals surface area contributed by atoms with Crippen molar-refractivity contribution in [1.82, 2.24) is 14.9 Å². The molecule has 1 heterocycles. The third-order valence-electron chi connectivity index (χ3n) is 3.54. The number of nitrogens with one attached hydrogen (secondary N) is 2. The number of hydrogen-bond acceptors (Lipinski definition) is 3. The number of aliphatic imine (C=N–C) groups is 1. The van der Waals surface area contributed by atoms with Crippen LogP contribution in [0.2, 0.25) is 10.0 Å². The third kappa shape index (κ3) is 6.21. The molecule has 0 spiro atoms. The average Bonchev–Trinajstić information content (AvgIpc) is 2.83. The van der Waals surface area contributed by atoms with Crippen molar-refractivity contribution in [3.63, 3.8) is 0 Å². The van der Waals surface area contributed by atoms with Crippen molar-refractivity contribution in [2.24, 2.45) is 4.99 Å². The molecule has 6 nitrogen and oxygen atoms in total. The van der Waals surface area contributed by atoms with Gasteiger partial charge in [0.15, 0.2) is 5.96 Å². The summed E-state index contributed by atoms with van der Waals surface area (Å²) in [5, 5.41) is 7.41. The maximum atomic E-state index is 11.7. The molecule has 0 atom stereocenters. The van der Waals surface area contributed by atoms with Crippen LogP contribution in [0.25, 0.3) is 0 Å². The first-order chi connectivity index (χ1) is 10.9. The molecule has 1 aromatic rings. The van der Waals surface area contributed by atoms with Crippen LogP contribution >= 0.6 is 47.2 Å². The lowest BCUT2D eigenvalue weighted by Crippen LogP contribution is -2.41. The van der Waals surface area contributed by atoms with E-state index in [0.717, 1.165) is 5.56 Å². The fourth-order valence-corrected chi connectivity index (χ4v) is 4.31. The smallest absolute Gasteiger partial charge is 0.214 e. The van der Waals surface area contributed by atoms with Gasteiger partial charge in [-0.05, 0) is 24.1 Å². The van der Waals surface area contributed by atoms with E-state index in [1.54, 1.807) is 19.2 Å². The predicted molar refractivity (Wildman–Crippen MR) is 110 cm³/mol. The molecule has 1 fully saturated rings. The number of sulfonamides is 1. The first kappa shape index (κ1) is 21.8. The molecule has 2 rings (SSSR count). The van der Waals surface area contributed by atoms with Gasteiger partial charge < -0.3 is 10.6 Å². The zero-order chi connectivity index (χ0) is 16.9. The summed E-state index contributed by atoms with van der Waals surface area (Å²) < 4.78 is 24.9. The summed E-state index contributed by atoms with van der Waals surface area (Å²) in [7, 11) is -1.40. The zero-order valence-electron chi connectivity index (χ0n) is 13.3. The zero-order valence-corrected chi connectivity index (χ0v) is 17.9. The Labute approximate surface area is 170 Å². The van der Waals surface area contributed by atoms with Crippen molar-refractivity contribution in [2.75, 3.05) is 32.4 Å². The second-order valence-corrected chi connectivity index (χ2v) is 8.09. The van der Waals surface area contributed by atoms with Crippen molar-refractivity contribution in [3.8, 4) is 0 Å². The monoisotopic (exact) mass is 506 g/mol. The van der Waals surface area contributed by atoms with Crippen molar-refractivity contribution in [3.05, 3.63) is 33.8 Å². The Hall–Kier alpha value is -0.290. The highest BCUT2D eigenvalue weighted by Crippen LogP contribution is 2.20. The number of nitrogens with zero attached hydrogens (tertiary/aromatic N) is 2. The average molecular weight is 507 g/mol. The molecule has 24 heavy (non-hydrogen) atoms. The molecule has 136 valence electrons. The molecular weight excluding hydrogens is 486 g/mol. The van der Waals surface area contributed by atoms with E-state index in [2.05, 4.69) is 15.6 Å². The van der Waals surface area contributed by atoms with Gasteiger partial charge in [-0.25, -0.2) is 12.7 Å². The Bertz CT molecular complexity index is 685. The lowest BCUT2D eigenvalue weighted by Gasteiger charge is -2.16. The molecule has 1 aliphatic heterocycles. The minimum absolute atomic E-state index is 0. The molecule has 2 N–H and O–H groups in total. The van der Waals surface area contributed by atoms with Crippen molar-refractivity contribution in [1.29, 1.82) is 0 Å². The van der Waals surface area contributed by atoms with E-state index < -0.39 is 10.0 Å². The highest BCUT2D eigenvalue weighted by atomic mass is 127. The Balaban J connectivity index is 0.00000288. The van der Waals surface area contributed by atoms with Crippen LogP contribution < -0.4 is 10.6 Å². The van der Waals surface area contributed by atoms with Gasteiger partial charge >= 0.3 is 0 Å². The summed E-state index contributed by atoms with van der Waals surface area (Å²) in [4.78, 5) is 4.11. The molecule has 0 unspecified atom stereocenters. The third-order valence-corrected chi connectivity index (χ3v) is 6.09. The van der Waals surface area contributed by atoms with Crippen LogP contribution in [0.3, 0.4) is 0 Å². The molecular formula is C14H21Cl2IN4O2S. The molecule has 0 bridgehead atoms. The van der Waals surface area contributed by atoms with Crippen LogP contribution in [0.15, 0.2) is 23.2 Å². The number of rotatable bonds is 5. The molecule has 10 heteroatoms. The highest BCUT2D eigenvalue weighted by molar-refractivity contribution is 14.0. The second-order valence-electron chi connectivity index (χ2n) is 5.16. The SMILES string of the molecule is CN=C(NCCN1CCCS1(=O)=O)NCc1ccc(Cl)cc1Cl.I. The van der Waals surface area contributed by atoms with Crippen LogP contribution in [0.4, 0.5) is 0 Å². The summed E-state index contributed by atoms with van der Waals surface area (Å²) in [6.45, 7) is 2.02. The molecule has 1 aliphatic rings. The topological polar surface area (TPSA) is 73.8 Å². The fraction of sp³-hybridized carbons (Fsp3) is 0.500. The highest BCUT2D eigenvalue weighted by Gasteiger charge is 2.27. The van der Waals surface area contributed by atoms with Gasteiger partial charge in [0.1, 0.15) is 0 Å². The Kier molecular flexibility index (Phi) is 9.07. The minimum Gasteiger partial charge on any atom is -0.355 e. The van der Waals surface area contributed by atoms with E-state index >= 15 is 0 Å². The molecule has 1 saturated heterocycles. The maximum Gasteiger partial charge on any atom is 0.214 e. The first-order valence-corrected chi connectivity index (χ1v) is 9.65. The lowest BCUT2D eigenvalue weighted by molar-refractivity contribution is 0.445. The largest absolute Gasteiger partial charge is 0.355 e. The summed E-state index contributed by atoms with van der Waals surface area (Å²) in [6, 6.07) is 5.31. The van der Waals surface area contributed by atoms with Gasteiger partial charge in [0, 0.05) is 43.3 Å². The quantitative estimate of drug-likeness (QED) is 0.365. The van der Waals surface area contributed by atoms with Crippen LogP contribution in [-0.4, -0.2) is 51.1 Å². The van der Waals surface area contributed by atoms with Gasteiger partial charge in [-0.1, -0.05) is 29.3 Å². The van der Waals surface area contributed by atoms with Gasteiger partial charge in [0.05, 0.1) is 5.75 Å². The molecule has 0 amide bonds. The summed E-state index contributed by atoms with van der Waals surface area (Å²) >= 11 is 12.0. The van der Waals surface area contributed by atoms with Crippen LogP contribution in [0, 0.1) is 0 Å². The number of guanidine groups is 1. The van der Waals surface area contributed by atoms with Gasteiger partial charge in [-0.15, -0.1) is 24.0 Å². The van der Waals surface area contributed by atoms with Crippen molar-refractivity contribution in [2.45, 2.75) is 13.0 Å². The van der Waals surface area contributed by atoms with Crippen molar-refractivity contribution < 1.29 is 8.42 Å². The Morgan fingerprint density at radius 1 is 1.33 bits per heavy atom. The van der Waals surface area contributed by atoms with E-state index in [9.17, 15) is 8.42 Å². The molecule has 0 aliphatic carbocycles. The molecule has 0 aromatic heterocycles. The number of hydrogen-bond donors (Lipinski definition) is 2. The van der Waals surface area contributed by atoms with Gasteiger partial charge in [-0.3, -0.25) is 4.99 Å². The number of halogens is 3. The molecule has 0 radical (unpaired) electrons. The minimum atomic E-state index is -3.05. The van der Waals surface area contributed by atoms with E-state index in [1.807, 2.05) is 6.07 Å². The Morgan fingerprint density at radius 2 is 2.08 bits per heavy atom. The summed E-state index contributed by atoms with van der Waals surface area (Å²) in [5.41, 5.74) is 0.904. The van der Waals surface area contributed by atoms with E-state index in [1.165, 1.54) is 4.31 Å². The van der Waals surface area contributed by atoms with Gasteiger partial charge in [0.2, 0.25) is 10.0 Å². The maximum absolute atomic E-state index is 11.7. The second kappa shape index (κ2) is 10.0. The normalized spacial score (nSPS) is 17.4. The van der Waals surface area contributed by atoms with Gasteiger partial charge in [-0.2, -0.15) is 0 Å². The standard InChI is InChI=1S/C14H20Cl2N4O2S.HI/c1-17-14(18-5-7-20-6-2-8-23(20,21)22)19-10-11-3-4-12(15)9-13(11)16;/h3-4,9H,2,5-8,10H2,1H3,(H2,17,18,19);1H. The van der Waals surface area contributed by atoms with Crippen molar-refractivity contribution >= 4 is 63.2 Å². The summed E-state index contributed by atoms with van der Waals surface area (Å²) in [5.74, 6) is 0.835. The first-order valence-electron chi connectivity index (χ1n) is 7.28. The molecule has 0 saturated carbocycles. The van der Waals surface area contributed by atoms with E-state index in [0.29, 0.717) is 48.6 Å². The van der Waals surface area contributed by atoms with Gasteiger partial charge in [0.25, 0.3) is 0 Å². The van der Waals surface area contributed by atoms with E-state index in [-0.39, 0.29) is 29.7 Å². The lowest BCUT2D eigenvalue weighted by atomic mass is 10.2. The Morgan fingerprint density at radius 3 is 2.67 bits per heavy atom. The van der Waals surface area contributed by atoms with Crippen LogP contribution in [0.1, 0.15) is 12.0 Å².